The van der Waals surface area contributed by atoms with E-state index in [1.165, 1.54) is 0 Å². The molecule has 0 aliphatic carbocycles. The Balaban J connectivity index is 2.44. The van der Waals surface area contributed by atoms with Gasteiger partial charge in [-0.3, -0.25) is 4.79 Å². The van der Waals surface area contributed by atoms with E-state index in [9.17, 15) is 9.59 Å². The van der Waals surface area contributed by atoms with Gasteiger partial charge in [0.25, 0.3) is 0 Å². The molecule has 0 aliphatic rings. The molecule has 0 heterocycles. The number of carboxylic acids is 1. The van der Waals surface area contributed by atoms with Gasteiger partial charge in [0.15, 0.2) is 0 Å². The highest BCUT2D eigenvalue weighted by Gasteiger charge is 2.19. The molecule has 1 aromatic rings. The third kappa shape index (κ3) is 6.33. The molecule has 0 aromatic heterocycles. The third-order valence-corrected chi connectivity index (χ3v) is 2.87. The van der Waals surface area contributed by atoms with Gasteiger partial charge >= 0.3 is 5.97 Å². The quantitative estimate of drug-likeness (QED) is 0.667. The van der Waals surface area contributed by atoms with Crippen LogP contribution in [0.1, 0.15) is 25.8 Å². The highest BCUT2D eigenvalue weighted by atomic mass is 16.4. The number of aliphatic carboxylic acids is 1. The molecule has 20 heavy (non-hydrogen) atoms. The first-order chi connectivity index (χ1) is 9.49. The monoisotopic (exact) mass is 278 g/mol. The average Bonchev–Trinajstić information content (AvgIpc) is 2.42. The number of aryl methyl sites for hydroxylation is 1. The predicted molar refractivity (Wildman–Crippen MR) is 77.5 cm³/mol. The van der Waals surface area contributed by atoms with Crippen LogP contribution in [0, 0.1) is 0 Å². The van der Waals surface area contributed by atoms with Crippen LogP contribution >= 0.6 is 0 Å². The Kier molecular flexibility index (Phi) is 6.73. The highest BCUT2D eigenvalue weighted by Crippen LogP contribution is 2.05. The van der Waals surface area contributed by atoms with Crippen LogP contribution in [0.3, 0.4) is 0 Å². The first kappa shape index (κ1) is 16.2. The molecule has 1 rings (SSSR count). The lowest BCUT2D eigenvalue weighted by Crippen LogP contribution is -2.45. The lowest BCUT2D eigenvalue weighted by molar-refractivity contribution is -0.141. The van der Waals surface area contributed by atoms with Crippen LogP contribution < -0.4 is 10.6 Å². The molecule has 1 amide bonds. The minimum Gasteiger partial charge on any atom is -0.480 e. The van der Waals surface area contributed by atoms with E-state index >= 15 is 0 Å². The van der Waals surface area contributed by atoms with Crippen molar-refractivity contribution < 1.29 is 14.7 Å². The summed E-state index contributed by atoms with van der Waals surface area (Å²) in [6, 6.07) is 8.97. The van der Waals surface area contributed by atoms with Crippen LogP contribution in [-0.2, 0) is 16.0 Å². The zero-order chi connectivity index (χ0) is 15.0. The Hall–Kier alpha value is -1.88. The average molecular weight is 278 g/mol. The van der Waals surface area contributed by atoms with Gasteiger partial charge in [0.05, 0.1) is 6.54 Å². The molecule has 0 unspecified atom stereocenters. The predicted octanol–water partition coefficient (Wildman–Crippen LogP) is 1.19. The SMILES string of the molecule is CC(C)NCC(=O)N[C@@H](CCc1ccccc1)C(=O)O. The molecule has 5 nitrogen and oxygen atoms in total. The molecule has 0 bridgehead atoms. The molecule has 0 saturated heterocycles. The third-order valence-electron chi connectivity index (χ3n) is 2.87. The van der Waals surface area contributed by atoms with E-state index in [0.717, 1.165) is 5.56 Å². The highest BCUT2D eigenvalue weighted by molar-refractivity contribution is 5.84. The van der Waals surface area contributed by atoms with Crippen molar-refractivity contribution in [2.75, 3.05) is 6.54 Å². The van der Waals surface area contributed by atoms with E-state index < -0.39 is 12.0 Å². The molecule has 0 radical (unpaired) electrons. The summed E-state index contributed by atoms with van der Waals surface area (Å²) < 4.78 is 0. The summed E-state index contributed by atoms with van der Waals surface area (Å²) in [5.74, 6) is -1.29. The van der Waals surface area contributed by atoms with Crippen molar-refractivity contribution in [1.82, 2.24) is 10.6 Å². The second kappa shape index (κ2) is 8.32. The molecule has 110 valence electrons. The van der Waals surface area contributed by atoms with Gasteiger partial charge in [-0.1, -0.05) is 44.2 Å². The van der Waals surface area contributed by atoms with Crippen molar-refractivity contribution in [3.63, 3.8) is 0 Å². The van der Waals surface area contributed by atoms with E-state index in [1.807, 2.05) is 44.2 Å². The lowest BCUT2D eigenvalue weighted by Gasteiger charge is -2.15. The minimum atomic E-state index is -1.00. The van der Waals surface area contributed by atoms with Gasteiger partial charge < -0.3 is 15.7 Å². The maximum Gasteiger partial charge on any atom is 0.326 e. The molecule has 0 saturated carbocycles. The molecule has 0 spiro atoms. The number of carbonyl (C=O) groups is 2. The summed E-state index contributed by atoms with van der Waals surface area (Å²) in [6.07, 6.45) is 1.00. The summed E-state index contributed by atoms with van der Waals surface area (Å²) >= 11 is 0. The fraction of sp³-hybridized carbons (Fsp3) is 0.467. The molecular formula is C15H22N2O3. The molecule has 1 aromatic carbocycles. The van der Waals surface area contributed by atoms with Crippen LogP contribution in [0.5, 0.6) is 0 Å². The van der Waals surface area contributed by atoms with Crippen LogP contribution in [0.15, 0.2) is 30.3 Å². The molecule has 1 atom stereocenters. The normalized spacial score (nSPS) is 12.2. The summed E-state index contributed by atoms with van der Waals surface area (Å²) in [4.78, 5) is 22.8. The second-order valence-electron chi connectivity index (χ2n) is 5.02. The van der Waals surface area contributed by atoms with Crippen molar-refractivity contribution in [2.45, 2.75) is 38.8 Å². The van der Waals surface area contributed by atoms with E-state index in [1.54, 1.807) is 0 Å². The number of carbonyl (C=O) groups excluding carboxylic acids is 1. The zero-order valence-electron chi connectivity index (χ0n) is 11.9. The minimum absolute atomic E-state index is 0.132. The van der Waals surface area contributed by atoms with E-state index in [4.69, 9.17) is 5.11 Å². The van der Waals surface area contributed by atoms with Gasteiger partial charge in [0, 0.05) is 6.04 Å². The molecule has 0 fully saturated rings. The fourth-order valence-corrected chi connectivity index (χ4v) is 1.76. The first-order valence-corrected chi connectivity index (χ1v) is 6.78. The summed E-state index contributed by atoms with van der Waals surface area (Å²) in [5, 5.41) is 14.6. The zero-order valence-corrected chi connectivity index (χ0v) is 11.9. The van der Waals surface area contributed by atoms with E-state index in [-0.39, 0.29) is 18.5 Å². The molecule has 5 heteroatoms. The number of carboxylic acid groups (broad SMARTS) is 1. The van der Waals surface area contributed by atoms with Crippen molar-refractivity contribution >= 4 is 11.9 Å². The molecular weight excluding hydrogens is 256 g/mol. The number of hydrogen-bond donors (Lipinski definition) is 3. The van der Waals surface area contributed by atoms with Gasteiger partial charge in [0.2, 0.25) is 5.91 Å². The number of rotatable bonds is 8. The number of hydrogen-bond acceptors (Lipinski definition) is 3. The van der Waals surface area contributed by atoms with Crippen LogP contribution in [-0.4, -0.2) is 35.6 Å². The van der Waals surface area contributed by atoms with Crippen LogP contribution in [0.25, 0.3) is 0 Å². The molecule has 3 N–H and O–H groups in total. The van der Waals surface area contributed by atoms with Gasteiger partial charge in [-0.05, 0) is 18.4 Å². The standard InChI is InChI=1S/C15H22N2O3/c1-11(2)16-10-14(18)17-13(15(19)20)9-8-12-6-4-3-5-7-12/h3-7,11,13,16H,8-10H2,1-2H3,(H,17,18)(H,19,20)/t13-/m0/s1. The fourth-order valence-electron chi connectivity index (χ4n) is 1.76. The maximum atomic E-state index is 11.6. The van der Waals surface area contributed by atoms with Crippen molar-refractivity contribution in [2.24, 2.45) is 0 Å². The van der Waals surface area contributed by atoms with Gasteiger partial charge in [0.1, 0.15) is 6.04 Å². The Morgan fingerprint density at radius 3 is 2.40 bits per heavy atom. The summed E-state index contributed by atoms with van der Waals surface area (Å²) in [6.45, 7) is 3.99. The Labute approximate surface area is 119 Å². The molecule has 0 aliphatic heterocycles. The topological polar surface area (TPSA) is 78.4 Å². The Morgan fingerprint density at radius 1 is 1.20 bits per heavy atom. The maximum absolute atomic E-state index is 11.6. The van der Waals surface area contributed by atoms with Gasteiger partial charge in [-0.2, -0.15) is 0 Å². The number of nitrogens with one attached hydrogen (secondary N) is 2. The van der Waals surface area contributed by atoms with Crippen LogP contribution in [0.4, 0.5) is 0 Å². The second-order valence-corrected chi connectivity index (χ2v) is 5.02. The van der Waals surface area contributed by atoms with E-state index in [0.29, 0.717) is 12.8 Å². The summed E-state index contributed by atoms with van der Waals surface area (Å²) in [7, 11) is 0. The first-order valence-electron chi connectivity index (χ1n) is 6.78. The summed E-state index contributed by atoms with van der Waals surface area (Å²) in [5.41, 5.74) is 1.06. The lowest BCUT2D eigenvalue weighted by atomic mass is 10.1. The van der Waals surface area contributed by atoms with Crippen LogP contribution in [0.2, 0.25) is 0 Å². The van der Waals surface area contributed by atoms with Gasteiger partial charge in [-0.15, -0.1) is 0 Å². The smallest absolute Gasteiger partial charge is 0.326 e. The van der Waals surface area contributed by atoms with Crippen molar-refractivity contribution in [3.8, 4) is 0 Å². The van der Waals surface area contributed by atoms with Crippen molar-refractivity contribution in [1.29, 1.82) is 0 Å². The van der Waals surface area contributed by atoms with Crippen molar-refractivity contribution in [3.05, 3.63) is 35.9 Å². The number of amides is 1. The van der Waals surface area contributed by atoms with Gasteiger partial charge in [-0.25, -0.2) is 4.79 Å². The van der Waals surface area contributed by atoms with E-state index in [2.05, 4.69) is 10.6 Å². The Bertz CT molecular complexity index is 432. The Morgan fingerprint density at radius 2 is 1.85 bits per heavy atom. The number of benzene rings is 1. The largest absolute Gasteiger partial charge is 0.480 e.